The molecule has 0 aromatic heterocycles. The number of carboxylic acids is 1. The molecule has 0 spiro atoms. The number of nitrogens with one attached hydrogen (secondary N) is 1. The van der Waals surface area contributed by atoms with Crippen LogP contribution in [0.2, 0.25) is 0 Å². The van der Waals surface area contributed by atoms with Crippen LogP contribution < -0.4 is 19.9 Å². The van der Waals surface area contributed by atoms with Crippen LogP contribution >= 0.6 is 0 Å². The van der Waals surface area contributed by atoms with Gasteiger partial charge in [0.25, 0.3) is 5.91 Å². The molecule has 8 nitrogen and oxygen atoms in total. The van der Waals surface area contributed by atoms with E-state index in [1.54, 1.807) is 44.6 Å². The molecule has 2 aromatic carbocycles. The highest BCUT2D eigenvalue weighted by molar-refractivity contribution is 6.06. The molecule has 0 radical (unpaired) electrons. The first-order valence-electron chi connectivity index (χ1n) is 9.51. The first-order chi connectivity index (χ1) is 14.4. The average Bonchev–Trinajstić information content (AvgIpc) is 2.99. The maximum absolute atomic E-state index is 12.7. The number of aliphatic carboxylic acids is 1. The molecule has 1 fully saturated rings. The Balaban J connectivity index is 1.60. The molecule has 0 unspecified atom stereocenters. The standard InChI is InChI=1S/C22H24N2O6/c1-29-18-8-5-15(11-19(18)30-2)9-10-24-20(25)13-17(22(24)28)23-16-6-3-14(4-7-16)12-21(26)27/h3-8,11,17,23H,9-10,12-13H2,1-2H3,(H,26,27)/p-1/t17-/m1/s1. The van der Waals surface area contributed by atoms with Crippen LogP contribution in [0, 0.1) is 0 Å². The van der Waals surface area contributed by atoms with Crippen molar-refractivity contribution in [1.82, 2.24) is 4.90 Å². The fraction of sp³-hybridized carbons (Fsp3) is 0.318. The summed E-state index contributed by atoms with van der Waals surface area (Å²) in [5.74, 6) is -0.455. The monoisotopic (exact) mass is 411 g/mol. The lowest BCUT2D eigenvalue weighted by Crippen LogP contribution is -2.36. The molecule has 1 aliphatic rings. The van der Waals surface area contributed by atoms with E-state index in [-0.39, 0.29) is 31.2 Å². The maximum atomic E-state index is 12.7. The number of hydrogen-bond acceptors (Lipinski definition) is 7. The minimum absolute atomic E-state index is 0.0750. The minimum atomic E-state index is -1.16. The minimum Gasteiger partial charge on any atom is -0.550 e. The third-order valence-corrected chi connectivity index (χ3v) is 4.96. The van der Waals surface area contributed by atoms with Gasteiger partial charge in [-0.15, -0.1) is 0 Å². The van der Waals surface area contributed by atoms with E-state index in [1.807, 2.05) is 12.1 Å². The van der Waals surface area contributed by atoms with Gasteiger partial charge in [0, 0.05) is 24.6 Å². The van der Waals surface area contributed by atoms with E-state index in [9.17, 15) is 19.5 Å². The van der Waals surface area contributed by atoms with Gasteiger partial charge in [0.1, 0.15) is 6.04 Å². The highest BCUT2D eigenvalue weighted by atomic mass is 16.5. The Morgan fingerprint density at radius 3 is 2.37 bits per heavy atom. The predicted octanol–water partition coefficient (Wildman–Crippen LogP) is 0.778. The van der Waals surface area contributed by atoms with Crippen molar-refractivity contribution in [3.63, 3.8) is 0 Å². The summed E-state index contributed by atoms with van der Waals surface area (Å²) in [5, 5.41) is 13.7. The van der Waals surface area contributed by atoms with Crippen LogP contribution in [0.3, 0.4) is 0 Å². The smallest absolute Gasteiger partial charge is 0.252 e. The first kappa shape index (κ1) is 21.2. The molecule has 0 aliphatic carbocycles. The van der Waals surface area contributed by atoms with Crippen molar-refractivity contribution in [2.24, 2.45) is 0 Å². The number of ether oxygens (including phenoxy) is 2. The zero-order valence-corrected chi connectivity index (χ0v) is 16.8. The van der Waals surface area contributed by atoms with Gasteiger partial charge in [0.2, 0.25) is 5.91 Å². The number of imide groups is 1. The number of carbonyl (C=O) groups excluding carboxylic acids is 3. The number of likely N-dealkylation sites (tertiary alicyclic amines) is 1. The molecule has 1 saturated heterocycles. The largest absolute Gasteiger partial charge is 0.550 e. The van der Waals surface area contributed by atoms with Crippen LogP contribution in [0.15, 0.2) is 42.5 Å². The fourth-order valence-corrected chi connectivity index (χ4v) is 3.39. The molecule has 158 valence electrons. The second-order valence-electron chi connectivity index (χ2n) is 6.97. The lowest BCUT2D eigenvalue weighted by atomic mass is 10.1. The summed E-state index contributed by atoms with van der Waals surface area (Å²) in [6.07, 6.45) is 0.402. The van der Waals surface area contributed by atoms with Gasteiger partial charge in [-0.1, -0.05) is 18.2 Å². The van der Waals surface area contributed by atoms with Crippen LogP contribution in [-0.2, 0) is 27.2 Å². The molecule has 1 aliphatic heterocycles. The lowest BCUT2D eigenvalue weighted by Gasteiger charge is -2.17. The molecule has 0 saturated carbocycles. The van der Waals surface area contributed by atoms with Gasteiger partial charge >= 0.3 is 0 Å². The normalized spacial score (nSPS) is 15.9. The molecule has 30 heavy (non-hydrogen) atoms. The number of carboxylic acid groups (broad SMARTS) is 1. The van der Waals surface area contributed by atoms with E-state index in [1.165, 1.54) is 4.90 Å². The number of methoxy groups -OCH3 is 2. The SMILES string of the molecule is COc1ccc(CCN2C(=O)C[C@@H](Nc3ccc(CC(=O)[O-])cc3)C2=O)cc1OC. The molecule has 3 rings (SSSR count). The maximum Gasteiger partial charge on any atom is 0.252 e. The molecular weight excluding hydrogens is 388 g/mol. The van der Waals surface area contributed by atoms with Crippen molar-refractivity contribution >= 4 is 23.5 Å². The van der Waals surface area contributed by atoms with Crippen molar-refractivity contribution in [3.05, 3.63) is 53.6 Å². The Morgan fingerprint density at radius 2 is 1.73 bits per heavy atom. The van der Waals surface area contributed by atoms with Crippen molar-refractivity contribution < 1.29 is 29.0 Å². The number of benzene rings is 2. The van der Waals surface area contributed by atoms with Crippen LogP contribution in [0.5, 0.6) is 11.5 Å². The van der Waals surface area contributed by atoms with Crippen LogP contribution in [0.25, 0.3) is 0 Å². The molecule has 2 aromatic rings. The topological polar surface area (TPSA) is 108 Å². The summed E-state index contributed by atoms with van der Waals surface area (Å²) in [6, 6.07) is 11.5. The fourth-order valence-electron chi connectivity index (χ4n) is 3.39. The van der Waals surface area contributed by atoms with Gasteiger partial charge in [0.15, 0.2) is 11.5 Å². The summed E-state index contributed by atoms with van der Waals surface area (Å²) in [7, 11) is 3.11. The predicted molar refractivity (Wildman–Crippen MR) is 107 cm³/mol. The molecule has 1 heterocycles. The molecule has 8 heteroatoms. The molecule has 1 atom stereocenters. The van der Waals surface area contributed by atoms with E-state index in [4.69, 9.17) is 9.47 Å². The van der Waals surface area contributed by atoms with E-state index in [0.29, 0.717) is 29.2 Å². The van der Waals surface area contributed by atoms with E-state index >= 15 is 0 Å². The summed E-state index contributed by atoms with van der Waals surface area (Å²) < 4.78 is 10.5. The Bertz CT molecular complexity index is 941. The van der Waals surface area contributed by atoms with Gasteiger partial charge in [-0.3, -0.25) is 14.5 Å². The highest BCUT2D eigenvalue weighted by Crippen LogP contribution is 2.28. The quantitative estimate of drug-likeness (QED) is 0.608. The summed E-state index contributed by atoms with van der Waals surface area (Å²) in [4.78, 5) is 37.0. The van der Waals surface area contributed by atoms with Crippen molar-refractivity contribution in [1.29, 1.82) is 0 Å². The number of amides is 2. The highest BCUT2D eigenvalue weighted by Gasteiger charge is 2.38. The number of carbonyl (C=O) groups is 3. The number of hydrogen-bond donors (Lipinski definition) is 1. The lowest BCUT2D eigenvalue weighted by molar-refractivity contribution is -0.304. The molecule has 2 amide bonds. The third kappa shape index (κ3) is 4.89. The van der Waals surface area contributed by atoms with Crippen molar-refractivity contribution in [2.45, 2.75) is 25.3 Å². The number of rotatable bonds is 9. The Hall–Kier alpha value is -3.55. The molecule has 1 N–H and O–H groups in total. The van der Waals surface area contributed by atoms with Gasteiger partial charge in [0.05, 0.1) is 20.6 Å². The van der Waals surface area contributed by atoms with E-state index < -0.39 is 12.0 Å². The Morgan fingerprint density at radius 1 is 1.07 bits per heavy atom. The summed E-state index contributed by atoms with van der Waals surface area (Å²) >= 11 is 0. The zero-order chi connectivity index (χ0) is 21.7. The van der Waals surface area contributed by atoms with Gasteiger partial charge in [-0.05, 0) is 41.8 Å². The first-order valence-corrected chi connectivity index (χ1v) is 9.51. The molecular formula is C22H23N2O6-. The summed E-state index contributed by atoms with van der Waals surface area (Å²) in [6.45, 7) is 0.274. The second kappa shape index (κ2) is 9.30. The van der Waals surface area contributed by atoms with Crippen LogP contribution in [0.1, 0.15) is 17.5 Å². The third-order valence-electron chi connectivity index (χ3n) is 4.96. The Labute approximate surface area is 174 Å². The molecule has 0 bridgehead atoms. The van der Waals surface area contributed by atoms with Crippen LogP contribution in [0.4, 0.5) is 5.69 Å². The van der Waals surface area contributed by atoms with E-state index in [2.05, 4.69) is 5.32 Å². The van der Waals surface area contributed by atoms with Gasteiger partial charge in [-0.2, -0.15) is 0 Å². The zero-order valence-electron chi connectivity index (χ0n) is 16.8. The average molecular weight is 411 g/mol. The van der Waals surface area contributed by atoms with Crippen LogP contribution in [-0.4, -0.2) is 49.5 Å². The second-order valence-corrected chi connectivity index (χ2v) is 6.97. The van der Waals surface area contributed by atoms with Crippen molar-refractivity contribution in [2.75, 3.05) is 26.1 Å². The number of anilines is 1. The van der Waals surface area contributed by atoms with Gasteiger partial charge < -0.3 is 24.7 Å². The van der Waals surface area contributed by atoms with Crippen molar-refractivity contribution in [3.8, 4) is 11.5 Å². The number of nitrogens with zero attached hydrogens (tertiary/aromatic N) is 1. The van der Waals surface area contributed by atoms with E-state index in [0.717, 1.165) is 5.56 Å². The summed E-state index contributed by atoms with van der Waals surface area (Å²) in [5.41, 5.74) is 2.17. The van der Waals surface area contributed by atoms with Gasteiger partial charge in [-0.25, -0.2) is 0 Å². The Kier molecular flexibility index (Phi) is 6.56.